The minimum atomic E-state index is -0.288. The van der Waals surface area contributed by atoms with Gasteiger partial charge in [-0.2, -0.15) is 0 Å². The van der Waals surface area contributed by atoms with E-state index in [1.165, 1.54) is 5.69 Å². The third-order valence-corrected chi connectivity index (χ3v) is 3.74. The lowest BCUT2D eigenvalue weighted by Crippen LogP contribution is -2.43. The van der Waals surface area contributed by atoms with Crippen LogP contribution in [0.1, 0.15) is 13.3 Å². The fraction of sp³-hybridized carbons (Fsp3) is 0.500. The average Bonchev–Trinajstić information content (AvgIpc) is 3.01. The van der Waals surface area contributed by atoms with E-state index in [4.69, 9.17) is 0 Å². The monoisotopic (exact) mass is 304 g/mol. The summed E-state index contributed by atoms with van der Waals surface area (Å²) in [4.78, 5) is 25.2. The molecule has 0 bridgehead atoms. The van der Waals surface area contributed by atoms with Crippen LogP contribution in [0.3, 0.4) is 0 Å². The third-order valence-electron chi connectivity index (χ3n) is 3.74. The first-order valence-electron chi connectivity index (χ1n) is 7.77. The Balaban J connectivity index is 1.66. The molecule has 3 amide bonds. The van der Waals surface area contributed by atoms with Crippen molar-refractivity contribution >= 4 is 17.6 Å². The second kappa shape index (κ2) is 8.26. The fourth-order valence-corrected chi connectivity index (χ4v) is 2.59. The highest BCUT2D eigenvalue weighted by molar-refractivity contribution is 5.83. The summed E-state index contributed by atoms with van der Waals surface area (Å²) in [6.45, 7) is 5.01. The zero-order valence-corrected chi connectivity index (χ0v) is 13.0. The molecule has 0 aliphatic carbocycles. The molecule has 0 saturated carbocycles. The summed E-state index contributed by atoms with van der Waals surface area (Å²) in [6.07, 6.45) is 1.06. The largest absolute Gasteiger partial charge is 0.371 e. The predicted octanol–water partition coefficient (Wildman–Crippen LogP) is 0.948. The Bertz CT molecular complexity index is 492. The Kier molecular flexibility index (Phi) is 6.06. The Morgan fingerprint density at radius 3 is 2.68 bits per heavy atom. The molecule has 1 aliphatic heterocycles. The molecule has 6 nitrogen and oxygen atoms in total. The first kappa shape index (κ1) is 16.1. The van der Waals surface area contributed by atoms with Crippen LogP contribution >= 0.6 is 0 Å². The van der Waals surface area contributed by atoms with Gasteiger partial charge in [0.05, 0.1) is 6.54 Å². The molecular formula is C16H24N4O2. The summed E-state index contributed by atoms with van der Waals surface area (Å²) in [5.74, 6) is 0.268. The molecule has 1 aliphatic rings. The van der Waals surface area contributed by atoms with Crippen molar-refractivity contribution in [2.24, 2.45) is 5.92 Å². The summed E-state index contributed by atoms with van der Waals surface area (Å²) in [6, 6.07) is 10.0. The van der Waals surface area contributed by atoms with Crippen molar-refractivity contribution < 1.29 is 9.59 Å². The standard InChI is InChI=1S/C16H24N4O2/c1-2-17-15(21)11-19-16(22)18-10-13-8-9-20(12-13)14-6-4-3-5-7-14/h3-7,13H,2,8-12H2,1H3,(H,17,21)(H2,18,19,22). The van der Waals surface area contributed by atoms with Crippen LogP contribution < -0.4 is 20.9 Å². The second-order valence-corrected chi connectivity index (χ2v) is 5.45. The van der Waals surface area contributed by atoms with E-state index in [-0.39, 0.29) is 18.5 Å². The minimum absolute atomic E-state index is 0.0144. The number of nitrogens with zero attached hydrogens (tertiary/aromatic N) is 1. The topological polar surface area (TPSA) is 73.5 Å². The number of nitrogens with one attached hydrogen (secondary N) is 3. The second-order valence-electron chi connectivity index (χ2n) is 5.45. The number of hydrogen-bond donors (Lipinski definition) is 3. The zero-order chi connectivity index (χ0) is 15.8. The first-order valence-corrected chi connectivity index (χ1v) is 7.77. The summed E-state index contributed by atoms with van der Waals surface area (Å²) in [5.41, 5.74) is 1.23. The van der Waals surface area contributed by atoms with Gasteiger partial charge < -0.3 is 20.9 Å². The molecule has 6 heteroatoms. The van der Waals surface area contributed by atoms with Gasteiger partial charge in [-0.1, -0.05) is 18.2 Å². The van der Waals surface area contributed by atoms with Gasteiger partial charge in [0.2, 0.25) is 5.91 Å². The molecule has 1 fully saturated rings. The molecule has 2 rings (SSSR count). The maximum Gasteiger partial charge on any atom is 0.315 e. The van der Waals surface area contributed by atoms with Crippen LogP contribution in [0, 0.1) is 5.92 Å². The van der Waals surface area contributed by atoms with Crippen molar-refractivity contribution in [3.8, 4) is 0 Å². The van der Waals surface area contributed by atoms with Crippen molar-refractivity contribution in [2.75, 3.05) is 37.6 Å². The van der Waals surface area contributed by atoms with Gasteiger partial charge in [-0.3, -0.25) is 4.79 Å². The van der Waals surface area contributed by atoms with Crippen molar-refractivity contribution in [3.63, 3.8) is 0 Å². The molecule has 1 unspecified atom stereocenters. The van der Waals surface area contributed by atoms with Gasteiger partial charge in [0.15, 0.2) is 0 Å². The molecule has 22 heavy (non-hydrogen) atoms. The smallest absolute Gasteiger partial charge is 0.315 e. The maximum absolute atomic E-state index is 11.6. The number of benzene rings is 1. The lowest BCUT2D eigenvalue weighted by Gasteiger charge is -2.18. The summed E-state index contributed by atoms with van der Waals surface area (Å²) < 4.78 is 0. The molecule has 120 valence electrons. The SMILES string of the molecule is CCNC(=O)CNC(=O)NCC1CCN(c2ccccc2)C1. The Labute approximate surface area is 131 Å². The van der Waals surface area contributed by atoms with E-state index >= 15 is 0 Å². The molecule has 1 aromatic carbocycles. The molecular weight excluding hydrogens is 280 g/mol. The number of carbonyl (C=O) groups is 2. The number of urea groups is 1. The maximum atomic E-state index is 11.6. The number of amides is 3. The van der Waals surface area contributed by atoms with E-state index in [0.29, 0.717) is 19.0 Å². The third kappa shape index (κ3) is 4.95. The number of rotatable bonds is 6. The lowest BCUT2D eigenvalue weighted by atomic mass is 10.1. The molecule has 1 atom stereocenters. The quantitative estimate of drug-likeness (QED) is 0.732. The van der Waals surface area contributed by atoms with Crippen LogP contribution in [0.15, 0.2) is 30.3 Å². The zero-order valence-electron chi connectivity index (χ0n) is 13.0. The van der Waals surface area contributed by atoms with Crippen molar-refractivity contribution in [3.05, 3.63) is 30.3 Å². The number of anilines is 1. The van der Waals surface area contributed by atoms with Crippen LogP contribution in [-0.2, 0) is 4.79 Å². The fourth-order valence-electron chi connectivity index (χ4n) is 2.59. The summed E-state index contributed by atoms with van der Waals surface area (Å²) in [5, 5.41) is 8.03. The predicted molar refractivity (Wildman–Crippen MR) is 86.8 cm³/mol. The molecule has 0 spiro atoms. The van der Waals surface area contributed by atoms with Gasteiger partial charge >= 0.3 is 6.03 Å². The van der Waals surface area contributed by atoms with Crippen LogP contribution in [0.25, 0.3) is 0 Å². The van der Waals surface area contributed by atoms with Crippen molar-refractivity contribution in [1.29, 1.82) is 0 Å². The first-order chi connectivity index (χ1) is 10.7. The molecule has 0 aromatic heterocycles. The van der Waals surface area contributed by atoms with E-state index in [0.717, 1.165) is 19.5 Å². The number of hydrogen-bond acceptors (Lipinski definition) is 3. The van der Waals surface area contributed by atoms with Crippen LogP contribution in [0.5, 0.6) is 0 Å². The van der Waals surface area contributed by atoms with Gasteiger partial charge in [0.1, 0.15) is 0 Å². The summed E-state index contributed by atoms with van der Waals surface area (Å²) >= 11 is 0. The van der Waals surface area contributed by atoms with E-state index in [9.17, 15) is 9.59 Å². The Hall–Kier alpha value is -2.24. The lowest BCUT2D eigenvalue weighted by molar-refractivity contribution is -0.119. The van der Waals surface area contributed by atoms with E-state index in [1.54, 1.807) is 0 Å². The number of para-hydroxylation sites is 1. The number of likely N-dealkylation sites (N-methyl/N-ethyl adjacent to an activating group) is 1. The molecule has 1 saturated heterocycles. The van der Waals surface area contributed by atoms with Crippen molar-refractivity contribution in [1.82, 2.24) is 16.0 Å². The molecule has 3 N–H and O–H groups in total. The van der Waals surface area contributed by atoms with E-state index < -0.39 is 0 Å². The Morgan fingerprint density at radius 2 is 1.95 bits per heavy atom. The van der Waals surface area contributed by atoms with E-state index in [2.05, 4.69) is 33.0 Å². The average molecular weight is 304 g/mol. The van der Waals surface area contributed by atoms with Crippen LogP contribution in [0.2, 0.25) is 0 Å². The highest BCUT2D eigenvalue weighted by Crippen LogP contribution is 2.22. The highest BCUT2D eigenvalue weighted by Gasteiger charge is 2.22. The van der Waals surface area contributed by atoms with Crippen molar-refractivity contribution in [2.45, 2.75) is 13.3 Å². The molecule has 0 radical (unpaired) electrons. The van der Waals surface area contributed by atoms with Crippen LogP contribution in [0.4, 0.5) is 10.5 Å². The van der Waals surface area contributed by atoms with Gasteiger partial charge in [-0.15, -0.1) is 0 Å². The van der Waals surface area contributed by atoms with Crippen LogP contribution in [-0.4, -0.2) is 44.7 Å². The van der Waals surface area contributed by atoms with E-state index in [1.807, 2.05) is 25.1 Å². The van der Waals surface area contributed by atoms with Gasteiger partial charge in [-0.25, -0.2) is 4.79 Å². The molecule has 1 aromatic rings. The van der Waals surface area contributed by atoms with Gasteiger partial charge in [0.25, 0.3) is 0 Å². The number of carbonyl (C=O) groups excluding carboxylic acids is 2. The highest BCUT2D eigenvalue weighted by atomic mass is 16.2. The van der Waals surface area contributed by atoms with Gasteiger partial charge in [-0.05, 0) is 31.4 Å². The minimum Gasteiger partial charge on any atom is -0.371 e. The van der Waals surface area contributed by atoms with Gasteiger partial charge in [0, 0.05) is 31.9 Å². The normalized spacial score (nSPS) is 17.1. The Morgan fingerprint density at radius 1 is 1.18 bits per heavy atom. The molecule has 1 heterocycles. The summed E-state index contributed by atoms with van der Waals surface area (Å²) in [7, 11) is 0.